The van der Waals surface area contributed by atoms with Crippen LogP contribution in [0.3, 0.4) is 0 Å². The molecule has 0 saturated heterocycles. The Morgan fingerprint density at radius 3 is 2.78 bits per heavy atom. The molecule has 1 N–H and O–H groups in total. The van der Waals surface area contributed by atoms with Crippen molar-refractivity contribution < 1.29 is 4.74 Å². The van der Waals surface area contributed by atoms with Crippen molar-refractivity contribution in [3.8, 4) is 5.75 Å². The number of hydrogen-bond acceptors (Lipinski definition) is 2. The first-order valence-electron chi connectivity index (χ1n) is 11.2. The van der Waals surface area contributed by atoms with E-state index < -0.39 is 0 Å². The number of aromatic nitrogens is 1. The van der Waals surface area contributed by atoms with Crippen LogP contribution < -0.4 is 4.74 Å². The lowest BCUT2D eigenvalue weighted by Gasteiger charge is -2.44. The quantitative estimate of drug-likeness (QED) is 0.379. The van der Waals surface area contributed by atoms with Crippen molar-refractivity contribution in [2.45, 2.75) is 18.9 Å². The van der Waals surface area contributed by atoms with Gasteiger partial charge in [-0.2, -0.15) is 0 Å². The Labute approximate surface area is 188 Å². The number of aromatic amines is 1. The summed E-state index contributed by atoms with van der Waals surface area (Å²) in [5.74, 6) is 0.881. The van der Waals surface area contributed by atoms with Crippen LogP contribution in [0.1, 0.15) is 40.4 Å². The minimum Gasteiger partial charge on any atom is -0.497 e. The summed E-state index contributed by atoms with van der Waals surface area (Å²) >= 11 is 0. The number of benzene rings is 3. The zero-order valence-corrected chi connectivity index (χ0v) is 18.3. The maximum Gasteiger partial charge on any atom is 0.119 e. The van der Waals surface area contributed by atoms with Gasteiger partial charge in [0.15, 0.2) is 0 Å². The van der Waals surface area contributed by atoms with Gasteiger partial charge < -0.3 is 14.6 Å². The summed E-state index contributed by atoms with van der Waals surface area (Å²) in [6.45, 7) is 5.05. The number of nitrogens with one attached hydrogen (secondary N) is 1. The van der Waals surface area contributed by atoms with Crippen LogP contribution in [0.25, 0.3) is 22.2 Å². The van der Waals surface area contributed by atoms with Crippen molar-refractivity contribution in [1.29, 1.82) is 0 Å². The summed E-state index contributed by atoms with van der Waals surface area (Å²) in [4.78, 5) is 6.38. The molecule has 0 amide bonds. The van der Waals surface area contributed by atoms with E-state index in [4.69, 9.17) is 4.74 Å². The van der Waals surface area contributed by atoms with Gasteiger partial charge in [0.2, 0.25) is 0 Å². The molecule has 1 atom stereocenters. The standard InChI is InChI=1S/C29H26N2O/c1-3-9-24-21-12-4-5-14-25(21)29-27-23(22-13-6-7-15-26(22)30-27)16-17-31(29)28(24)19-10-8-11-20(18-19)32-2/h3-8,10-15,18,29-30H,1,9,16-17H2,2H3. The predicted octanol–water partition coefficient (Wildman–Crippen LogP) is 6.58. The highest BCUT2D eigenvalue weighted by molar-refractivity contribution is 5.95. The zero-order valence-electron chi connectivity index (χ0n) is 18.3. The average Bonchev–Trinajstić information content (AvgIpc) is 3.23. The van der Waals surface area contributed by atoms with E-state index in [2.05, 4.69) is 83.2 Å². The molecule has 6 rings (SSSR count). The van der Waals surface area contributed by atoms with Gasteiger partial charge in [0.25, 0.3) is 0 Å². The van der Waals surface area contributed by atoms with Gasteiger partial charge in [-0.15, -0.1) is 6.58 Å². The monoisotopic (exact) mass is 418 g/mol. The van der Waals surface area contributed by atoms with E-state index >= 15 is 0 Å². The second-order valence-corrected chi connectivity index (χ2v) is 8.55. The second-order valence-electron chi connectivity index (χ2n) is 8.55. The number of ether oxygens (including phenoxy) is 1. The van der Waals surface area contributed by atoms with Gasteiger partial charge in [-0.3, -0.25) is 0 Å². The lowest BCUT2D eigenvalue weighted by molar-refractivity contribution is 0.312. The van der Waals surface area contributed by atoms with Crippen LogP contribution in [0.5, 0.6) is 5.75 Å². The second kappa shape index (κ2) is 7.45. The molecule has 158 valence electrons. The molecule has 3 heterocycles. The SMILES string of the molecule is C=CCC1=C(c2cccc(OC)c2)N2CCc3c([nH]c4ccccc34)C2c2ccccc21. The number of hydrogen-bond donors (Lipinski definition) is 1. The van der Waals surface area contributed by atoms with Crippen LogP contribution in [0, 0.1) is 0 Å². The molecule has 0 aliphatic carbocycles. The largest absolute Gasteiger partial charge is 0.497 e. The first-order chi connectivity index (χ1) is 15.8. The van der Waals surface area contributed by atoms with Crippen molar-refractivity contribution in [2.75, 3.05) is 13.7 Å². The number of fused-ring (bicyclic) bond motifs is 7. The highest BCUT2D eigenvalue weighted by Crippen LogP contribution is 2.50. The number of allylic oxidation sites excluding steroid dienone is 2. The Bertz CT molecular complexity index is 1380. The number of rotatable bonds is 4. The fourth-order valence-electron chi connectivity index (χ4n) is 5.58. The molecule has 1 unspecified atom stereocenters. The van der Waals surface area contributed by atoms with E-state index in [1.54, 1.807) is 7.11 Å². The third-order valence-corrected chi connectivity index (χ3v) is 6.88. The Balaban J connectivity index is 1.64. The van der Waals surface area contributed by atoms with Crippen molar-refractivity contribution in [2.24, 2.45) is 0 Å². The summed E-state index contributed by atoms with van der Waals surface area (Å²) in [5, 5.41) is 1.35. The molecular formula is C29H26N2O. The molecule has 1 aromatic heterocycles. The molecule has 3 nitrogen and oxygen atoms in total. The number of nitrogens with zero attached hydrogens (tertiary/aromatic N) is 1. The van der Waals surface area contributed by atoms with Gasteiger partial charge in [0.1, 0.15) is 5.75 Å². The molecule has 3 aromatic carbocycles. The van der Waals surface area contributed by atoms with Crippen LogP contribution in [0.2, 0.25) is 0 Å². The van der Waals surface area contributed by atoms with E-state index in [-0.39, 0.29) is 6.04 Å². The van der Waals surface area contributed by atoms with E-state index in [1.807, 2.05) is 12.1 Å². The van der Waals surface area contributed by atoms with Crippen molar-refractivity contribution in [3.63, 3.8) is 0 Å². The van der Waals surface area contributed by atoms with E-state index in [0.717, 1.165) is 25.1 Å². The summed E-state index contributed by atoms with van der Waals surface area (Å²) in [7, 11) is 1.73. The topological polar surface area (TPSA) is 28.3 Å². The minimum absolute atomic E-state index is 0.164. The maximum absolute atomic E-state index is 5.58. The van der Waals surface area contributed by atoms with Gasteiger partial charge in [-0.05, 0) is 53.3 Å². The van der Waals surface area contributed by atoms with Gasteiger partial charge in [0.05, 0.1) is 13.2 Å². The molecule has 2 aliphatic rings. The summed E-state index contributed by atoms with van der Waals surface area (Å²) in [5.41, 5.74) is 10.5. The Morgan fingerprint density at radius 1 is 1.06 bits per heavy atom. The molecule has 0 bridgehead atoms. The van der Waals surface area contributed by atoms with Crippen LogP contribution in [-0.4, -0.2) is 23.5 Å². The highest BCUT2D eigenvalue weighted by Gasteiger charge is 2.39. The molecule has 0 radical (unpaired) electrons. The van der Waals surface area contributed by atoms with Crippen LogP contribution in [0.4, 0.5) is 0 Å². The summed E-state index contributed by atoms with van der Waals surface area (Å²) < 4.78 is 5.58. The molecule has 0 saturated carbocycles. The predicted molar refractivity (Wildman–Crippen MR) is 132 cm³/mol. The number of para-hydroxylation sites is 1. The lowest BCUT2D eigenvalue weighted by atomic mass is 9.80. The van der Waals surface area contributed by atoms with Gasteiger partial charge >= 0.3 is 0 Å². The van der Waals surface area contributed by atoms with Crippen LogP contribution in [0.15, 0.2) is 85.5 Å². The van der Waals surface area contributed by atoms with Gasteiger partial charge in [0, 0.05) is 34.4 Å². The minimum atomic E-state index is 0.164. The number of H-pyrrole nitrogens is 1. The van der Waals surface area contributed by atoms with E-state index in [0.29, 0.717) is 0 Å². The summed E-state index contributed by atoms with van der Waals surface area (Å²) in [6, 6.07) is 26.2. The lowest BCUT2D eigenvalue weighted by Crippen LogP contribution is -2.38. The third-order valence-electron chi connectivity index (χ3n) is 6.88. The Kier molecular flexibility index (Phi) is 4.43. The first-order valence-corrected chi connectivity index (χ1v) is 11.2. The van der Waals surface area contributed by atoms with Gasteiger partial charge in [-0.1, -0.05) is 60.7 Å². The average molecular weight is 419 g/mol. The highest BCUT2D eigenvalue weighted by atomic mass is 16.5. The van der Waals surface area contributed by atoms with Crippen molar-refractivity contribution in [3.05, 3.63) is 113 Å². The summed E-state index contributed by atoms with van der Waals surface area (Å²) in [6.07, 6.45) is 3.87. The van der Waals surface area contributed by atoms with Crippen molar-refractivity contribution in [1.82, 2.24) is 9.88 Å². The van der Waals surface area contributed by atoms with Crippen molar-refractivity contribution >= 4 is 22.2 Å². The molecule has 3 heteroatoms. The normalized spacial score (nSPS) is 17.0. The van der Waals surface area contributed by atoms with Crippen LogP contribution >= 0.6 is 0 Å². The molecule has 0 fully saturated rings. The Morgan fingerprint density at radius 2 is 1.91 bits per heavy atom. The molecule has 2 aliphatic heterocycles. The number of methoxy groups -OCH3 is 1. The first kappa shape index (κ1) is 19.0. The van der Waals surface area contributed by atoms with Crippen LogP contribution in [-0.2, 0) is 6.42 Å². The smallest absolute Gasteiger partial charge is 0.119 e. The Hall–Kier alpha value is -3.72. The molecule has 32 heavy (non-hydrogen) atoms. The fraction of sp³-hybridized carbons (Fsp3) is 0.172. The zero-order chi connectivity index (χ0) is 21.7. The molecule has 4 aromatic rings. The van der Waals surface area contributed by atoms with E-state index in [1.165, 1.54) is 50.1 Å². The molecular weight excluding hydrogens is 392 g/mol. The molecule has 0 spiro atoms. The van der Waals surface area contributed by atoms with E-state index in [9.17, 15) is 0 Å². The fourth-order valence-corrected chi connectivity index (χ4v) is 5.58. The van der Waals surface area contributed by atoms with Gasteiger partial charge in [-0.25, -0.2) is 0 Å². The maximum atomic E-state index is 5.58. The third kappa shape index (κ3) is 2.74.